The minimum absolute atomic E-state index is 0.0512. The number of hydrogen-bond donors (Lipinski definition) is 2. The van der Waals surface area contributed by atoms with Crippen molar-refractivity contribution in [3.63, 3.8) is 0 Å². The van der Waals surface area contributed by atoms with E-state index in [0.29, 0.717) is 35.3 Å². The maximum absolute atomic E-state index is 12.5. The highest BCUT2D eigenvalue weighted by molar-refractivity contribution is 7.16. The number of anilines is 1. The van der Waals surface area contributed by atoms with Crippen LogP contribution in [0, 0.1) is 0 Å². The Labute approximate surface area is 159 Å². The van der Waals surface area contributed by atoms with Gasteiger partial charge in [0.2, 0.25) is 12.7 Å². The van der Waals surface area contributed by atoms with E-state index in [2.05, 4.69) is 15.6 Å². The molecule has 0 unspecified atom stereocenters. The Hall–Kier alpha value is -2.65. The third kappa shape index (κ3) is 3.60. The van der Waals surface area contributed by atoms with Gasteiger partial charge in [0.1, 0.15) is 0 Å². The number of amides is 2. The van der Waals surface area contributed by atoms with Gasteiger partial charge in [0.25, 0.3) is 5.91 Å². The third-order valence-corrected chi connectivity index (χ3v) is 5.54. The summed E-state index contributed by atoms with van der Waals surface area (Å²) in [6.45, 7) is 1.10. The van der Waals surface area contributed by atoms with Crippen LogP contribution in [0.4, 0.5) is 5.13 Å². The molecule has 0 saturated carbocycles. The van der Waals surface area contributed by atoms with E-state index < -0.39 is 0 Å². The van der Waals surface area contributed by atoms with E-state index >= 15 is 0 Å². The van der Waals surface area contributed by atoms with Crippen LogP contribution < -0.4 is 20.1 Å². The van der Waals surface area contributed by atoms with Crippen molar-refractivity contribution in [1.29, 1.82) is 0 Å². The number of rotatable bonds is 6. The number of carbonyl (C=O) groups excluding carboxylic acids is 2. The van der Waals surface area contributed by atoms with Crippen molar-refractivity contribution in [2.24, 2.45) is 0 Å². The second kappa shape index (κ2) is 7.53. The fourth-order valence-electron chi connectivity index (χ4n) is 3.14. The average Bonchev–Trinajstić information content (AvgIpc) is 3.36. The van der Waals surface area contributed by atoms with Gasteiger partial charge in [-0.05, 0) is 31.0 Å². The van der Waals surface area contributed by atoms with E-state index in [1.807, 2.05) is 0 Å². The lowest BCUT2D eigenvalue weighted by atomic mass is 10.1. The van der Waals surface area contributed by atoms with Gasteiger partial charge in [-0.1, -0.05) is 0 Å². The van der Waals surface area contributed by atoms with Gasteiger partial charge in [0.15, 0.2) is 16.6 Å². The summed E-state index contributed by atoms with van der Waals surface area (Å²) in [5, 5.41) is 6.16. The molecule has 0 bridgehead atoms. The Morgan fingerprint density at radius 2 is 2.19 bits per heavy atom. The lowest BCUT2D eigenvalue weighted by Gasteiger charge is -2.10. The number of aromatic nitrogens is 1. The molecule has 1 aliphatic heterocycles. The Balaban J connectivity index is 1.43. The van der Waals surface area contributed by atoms with Crippen molar-refractivity contribution in [3.05, 3.63) is 34.3 Å². The number of fused-ring (bicyclic) bond motifs is 2. The van der Waals surface area contributed by atoms with Crippen molar-refractivity contribution in [3.8, 4) is 11.5 Å². The molecule has 2 aliphatic rings. The summed E-state index contributed by atoms with van der Waals surface area (Å²) in [4.78, 5) is 30.4. The molecule has 2 amide bonds. The summed E-state index contributed by atoms with van der Waals surface area (Å²) in [5.41, 5.74) is 1.22. The summed E-state index contributed by atoms with van der Waals surface area (Å²) in [7, 11) is 1.59. The van der Waals surface area contributed by atoms with Gasteiger partial charge < -0.3 is 19.5 Å². The molecule has 0 fully saturated rings. The molecule has 0 radical (unpaired) electrons. The minimum Gasteiger partial charge on any atom is -0.454 e. The van der Waals surface area contributed by atoms with Gasteiger partial charge >= 0.3 is 0 Å². The van der Waals surface area contributed by atoms with Crippen molar-refractivity contribution >= 4 is 28.3 Å². The first-order chi connectivity index (χ1) is 13.2. The highest BCUT2D eigenvalue weighted by Gasteiger charge is 2.32. The van der Waals surface area contributed by atoms with Crippen LogP contribution in [0.15, 0.2) is 18.2 Å². The highest BCUT2D eigenvalue weighted by Crippen LogP contribution is 2.39. The predicted molar refractivity (Wildman–Crippen MR) is 98.6 cm³/mol. The number of carbonyl (C=O) groups is 2. The summed E-state index contributed by atoms with van der Waals surface area (Å²) in [6.07, 6.45) is 1.53. The number of thiazole rings is 1. The van der Waals surface area contributed by atoms with Crippen LogP contribution in [0.3, 0.4) is 0 Å². The summed E-state index contributed by atoms with van der Waals surface area (Å²) in [6, 6.07) is 5.03. The number of nitrogens with one attached hydrogen (secondary N) is 2. The second-order valence-corrected chi connectivity index (χ2v) is 7.31. The van der Waals surface area contributed by atoms with Crippen molar-refractivity contribution in [2.75, 3.05) is 32.4 Å². The molecule has 8 nitrogen and oxygen atoms in total. The van der Waals surface area contributed by atoms with Crippen LogP contribution in [0.2, 0.25) is 0 Å². The molecule has 2 heterocycles. The van der Waals surface area contributed by atoms with Crippen molar-refractivity contribution < 1.29 is 23.8 Å². The number of nitrogens with zero attached hydrogens (tertiary/aromatic N) is 1. The van der Waals surface area contributed by atoms with Crippen LogP contribution in [-0.4, -0.2) is 43.9 Å². The van der Waals surface area contributed by atoms with Gasteiger partial charge in [-0.25, -0.2) is 4.98 Å². The van der Waals surface area contributed by atoms with Gasteiger partial charge in [0, 0.05) is 24.1 Å². The Morgan fingerprint density at radius 1 is 1.33 bits per heavy atom. The molecule has 1 aromatic carbocycles. The standard InChI is InChI=1S/C18H19N3O5S/c1-24-7-6-19-17(23)11-3-5-14-15(11)20-18(27-14)21-16(22)10-2-4-12-13(8-10)26-9-25-12/h2,4,8,11H,3,5-7,9H2,1H3,(H,19,23)(H,20,21,22)/t11-/m0/s1. The lowest BCUT2D eigenvalue weighted by molar-refractivity contribution is -0.122. The van der Waals surface area contributed by atoms with Crippen LogP contribution >= 0.6 is 11.3 Å². The Bertz CT molecular complexity index is 882. The maximum atomic E-state index is 12.5. The van der Waals surface area contributed by atoms with Crippen LogP contribution in [-0.2, 0) is 16.0 Å². The van der Waals surface area contributed by atoms with Gasteiger partial charge in [-0.3, -0.25) is 14.9 Å². The highest BCUT2D eigenvalue weighted by atomic mass is 32.1. The molecule has 0 saturated heterocycles. The molecule has 4 rings (SSSR count). The van der Waals surface area contributed by atoms with Crippen LogP contribution in [0.25, 0.3) is 0 Å². The summed E-state index contributed by atoms with van der Waals surface area (Å²) >= 11 is 1.42. The summed E-state index contributed by atoms with van der Waals surface area (Å²) < 4.78 is 15.5. The van der Waals surface area contributed by atoms with Gasteiger partial charge in [-0.15, -0.1) is 11.3 Å². The first-order valence-electron chi connectivity index (χ1n) is 8.63. The van der Waals surface area contributed by atoms with Gasteiger partial charge in [-0.2, -0.15) is 0 Å². The molecule has 0 spiro atoms. The quantitative estimate of drug-likeness (QED) is 0.733. The Kier molecular flexibility index (Phi) is 4.95. The van der Waals surface area contributed by atoms with Crippen LogP contribution in [0.1, 0.15) is 33.3 Å². The largest absolute Gasteiger partial charge is 0.454 e. The number of methoxy groups -OCH3 is 1. The normalized spacial score (nSPS) is 16.9. The predicted octanol–water partition coefficient (Wildman–Crippen LogP) is 1.92. The molecule has 27 heavy (non-hydrogen) atoms. The SMILES string of the molecule is COCCNC(=O)[C@H]1CCc2sc(NC(=O)c3ccc4c(c3)OCO4)nc21. The first-order valence-corrected chi connectivity index (χ1v) is 9.44. The van der Waals surface area contributed by atoms with E-state index in [1.54, 1.807) is 25.3 Å². The smallest absolute Gasteiger partial charge is 0.257 e. The van der Waals surface area contributed by atoms with Crippen molar-refractivity contribution in [2.45, 2.75) is 18.8 Å². The monoisotopic (exact) mass is 389 g/mol. The molecule has 9 heteroatoms. The third-order valence-electron chi connectivity index (χ3n) is 4.49. The van der Waals surface area contributed by atoms with Crippen LogP contribution in [0.5, 0.6) is 11.5 Å². The average molecular weight is 389 g/mol. The van der Waals surface area contributed by atoms with E-state index in [0.717, 1.165) is 23.4 Å². The lowest BCUT2D eigenvalue weighted by Crippen LogP contribution is -2.31. The zero-order valence-electron chi connectivity index (χ0n) is 14.7. The molecular weight excluding hydrogens is 370 g/mol. The first kappa shape index (κ1) is 17.7. The fraction of sp³-hybridized carbons (Fsp3) is 0.389. The molecule has 142 valence electrons. The number of hydrogen-bond acceptors (Lipinski definition) is 7. The Morgan fingerprint density at radius 3 is 3.04 bits per heavy atom. The minimum atomic E-state index is -0.276. The summed E-state index contributed by atoms with van der Waals surface area (Å²) in [5.74, 6) is 0.579. The number of aryl methyl sites for hydroxylation is 1. The molecule has 1 atom stereocenters. The topological polar surface area (TPSA) is 98.8 Å². The van der Waals surface area contributed by atoms with Gasteiger partial charge in [0.05, 0.1) is 18.2 Å². The molecule has 2 N–H and O–H groups in total. The van der Waals surface area contributed by atoms with E-state index in [1.165, 1.54) is 11.3 Å². The fourth-order valence-corrected chi connectivity index (χ4v) is 4.18. The zero-order valence-corrected chi connectivity index (χ0v) is 15.6. The second-order valence-electron chi connectivity index (χ2n) is 6.22. The molecular formula is C18H19N3O5S. The number of benzene rings is 1. The van der Waals surface area contributed by atoms with Crippen molar-refractivity contribution in [1.82, 2.24) is 10.3 Å². The number of ether oxygens (including phenoxy) is 3. The maximum Gasteiger partial charge on any atom is 0.257 e. The zero-order chi connectivity index (χ0) is 18.8. The molecule has 1 aliphatic carbocycles. The molecule has 2 aromatic rings. The van der Waals surface area contributed by atoms with E-state index in [-0.39, 0.29) is 24.5 Å². The van der Waals surface area contributed by atoms with E-state index in [4.69, 9.17) is 14.2 Å². The van der Waals surface area contributed by atoms with E-state index in [9.17, 15) is 9.59 Å². The molecule has 1 aromatic heterocycles.